The molecule has 102 valence electrons. The molecule has 0 saturated carbocycles. The van der Waals surface area contributed by atoms with Crippen molar-refractivity contribution in [1.29, 1.82) is 0 Å². The first kappa shape index (κ1) is 13.6. The molecular formula is C15H19NO3. The predicted octanol–water partition coefficient (Wildman–Crippen LogP) is 2.99. The summed E-state index contributed by atoms with van der Waals surface area (Å²) in [5.41, 5.74) is 3.67. The minimum absolute atomic E-state index is 0.118. The first-order valence-corrected chi connectivity index (χ1v) is 6.31. The summed E-state index contributed by atoms with van der Waals surface area (Å²) in [5.74, 6) is -0.892. The van der Waals surface area contributed by atoms with E-state index in [9.17, 15) is 4.79 Å². The molecule has 1 unspecified atom stereocenters. The SMILES string of the molecule is COC(C)Cn1c(C)c(C)c2cc(C(=O)O)ccc21. The number of rotatable bonds is 4. The summed E-state index contributed by atoms with van der Waals surface area (Å²) < 4.78 is 7.50. The van der Waals surface area contributed by atoms with Crippen LogP contribution in [0.3, 0.4) is 0 Å². The van der Waals surface area contributed by atoms with Crippen molar-refractivity contribution < 1.29 is 14.6 Å². The van der Waals surface area contributed by atoms with Crippen LogP contribution in [0, 0.1) is 13.8 Å². The molecule has 1 aromatic carbocycles. The third-order valence-electron chi connectivity index (χ3n) is 3.73. The van der Waals surface area contributed by atoms with Gasteiger partial charge in [-0.2, -0.15) is 0 Å². The highest BCUT2D eigenvalue weighted by Crippen LogP contribution is 2.26. The summed E-state index contributed by atoms with van der Waals surface area (Å²) in [5, 5.41) is 10.1. The molecule has 0 spiro atoms. The number of fused-ring (bicyclic) bond motifs is 1. The number of carbonyl (C=O) groups is 1. The standard InChI is InChI=1S/C15H19NO3/c1-9(19-4)8-16-11(3)10(2)13-7-12(15(17)18)5-6-14(13)16/h5-7,9H,8H2,1-4H3,(H,17,18). The summed E-state index contributed by atoms with van der Waals surface area (Å²) in [7, 11) is 1.70. The van der Waals surface area contributed by atoms with E-state index in [1.165, 1.54) is 0 Å². The smallest absolute Gasteiger partial charge is 0.335 e. The lowest BCUT2D eigenvalue weighted by Crippen LogP contribution is -2.15. The fourth-order valence-electron chi connectivity index (χ4n) is 2.35. The molecule has 19 heavy (non-hydrogen) atoms. The van der Waals surface area contributed by atoms with E-state index < -0.39 is 5.97 Å². The van der Waals surface area contributed by atoms with E-state index in [4.69, 9.17) is 9.84 Å². The van der Waals surface area contributed by atoms with E-state index in [1.807, 2.05) is 19.9 Å². The number of carboxylic acids is 1. The number of aryl methyl sites for hydroxylation is 1. The van der Waals surface area contributed by atoms with Gasteiger partial charge >= 0.3 is 5.97 Å². The second kappa shape index (κ2) is 5.05. The summed E-state index contributed by atoms with van der Waals surface area (Å²) in [6.07, 6.45) is 0.118. The zero-order chi connectivity index (χ0) is 14.2. The molecule has 2 rings (SSSR count). The first-order chi connectivity index (χ1) is 8.95. The summed E-state index contributed by atoms with van der Waals surface area (Å²) >= 11 is 0. The van der Waals surface area contributed by atoms with E-state index in [0.717, 1.165) is 28.7 Å². The van der Waals surface area contributed by atoms with Gasteiger partial charge in [0.05, 0.1) is 11.7 Å². The molecule has 4 heteroatoms. The van der Waals surface area contributed by atoms with E-state index in [-0.39, 0.29) is 6.10 Å². The number of nitrogens with zero attached hydrogens (tertiary/aromatic N) is 1. The van der Waals surface area contributed by atoms with Crippen LogP contribution in [0.2, 0.25) is 0 Å². The zero-order valence-electron chi connectivity index (χ0n) is 11.7. The predicted molar refractivity (Wildman–Crippen MR) is 74.8 cm³/mol. The van der Waals surface area contributed by atoms with E-state index in [0.29, 0.717) is 5.56 Å². The van der Waals surface area contributed by atoms with Crippen molar-refractivity contribution in [3.63, 3.8) is 0 Å². The zero-order valence-corrected chi connectivity index (χ0v) is 11.7. The molecule has 0 radical (unpaired) electrons. The molecule has 0 amide bonds. The van der Waals surface area contributed by atoms with Gasteiger partial charge < -0.3 is 14.4 Å². The van der Waals surface area contributed by atoms with Crippen LogP contribution in [0.4, 0.5) is 0 Å². The fourth-order valence-corrected chi connectivity index (χ4v) is 2.35. The van der Waals surface area contributed by atoms with Crippen molar-refractivity contribution in [2.75, 3.05) is 7.11 Å². The van der Waals surface area contributed by atoms with Gasteiger partial charge in [0.1, 0.15) is 0 Å². The van der Waals surface area contributed by atoms with Gasteiger partial charge in [-0.3, -0.25) is 0 Å². The van der Waals surface area contributed by atoms with Crippen LogP contribution < -0.4 is 0 Å². The van der Waals surface area contributed by atoms with Crippen LogP contribution in [0.15, 0.2) is 18.2 Å². The Labute approximate surface area is 112 Å². The highest BCUT2D eigenvalue weighted by molar-refractivity contribution is 5.95. The number of aromatic nitrogens is 1. The largest absolute Gasteiger partial charge is 0.478 e. The van der Waals surface area contributed by atoms with Gasteiger partial charge in [-0.05, 0) is 44.5 Å². The molecule has 0 bridgehead atoms. The Morgan fingerprint density at radius 3 is 2.68 bits per heavy atom. The molecule has 0 aliphatic rings. The van der Waals surface area contributed by atoms with E-state index in [1.54, 1.807) is 19.2 Å². The summed E-state index contributed by atoms with van der Waals surface area (Å²) in [6.45, 7) is 6.86. The second-order valence-electron chi connectivity index (χ2n) is 4.90. The van der Waals surface area contributed by atoms with E-state index >= 15 is 0 Å². The average molecular weight is 261 g/mol. The number of ether oxygens (including phenoxy) is 1. The van der Waals surface area contributed by atoms with Crippen molar-refractivity contribution in [2.45, 2.75) is 33.4 Å². The minimum atomic E-state index is -0.892. The van der Waals surface area contributed by atoms with Gasteiger partial charge in [0.2, 0.25) is 0 Å². The van der Waals surface area contributed by atoms with Crippen LogP contribution >= 0.6 is 0 Å². The summed E-state index contributed by atoms with van der Waals surface area (Å²) in [6, 6.07) is 5.27. The van der Waals surface area contributed by atoms with Gasteiger partial charge in [0, 0.05) is 30.3 Å². The number of methoxy groups -OCH3 is 1. The minimum Gasteiger partial charge on any atom is -0.478 e. The van der Waals surface area contributed by atoms with Gasteiger partial charge in [-0.1, -0.05) is 0 Å². The Hall–Kier alpha value is -1.81. The Morgan fingerprint density at radius 1 is 1.42 bits per heavy atom. The molecular weight excluding hydrogens is 242 g/mol. The molecule has 1 N–H and O–H groups in total. The topological polar surface area (TPSA) is 51.5 Å². The molecule has 0 aliphatic heterocycles. The van der Waals surface area contributed by atoms with Gasteiger partial charge in [0.25, 0.3) is 0 Å². The molecule has 1 aromatic heterocycles. The Morgan fingerprint density at radius 2 is 2.11 bits per heavy atom. The summed E-state index contributed by atoms with van der Waals surface area (Å²) in [4.78, 5) is 11.0. The maximum absolute atomic E-state index is 11.0. The van der Waals surface area contributed by atoms with Gasteiger partial charge in [0.15, 0.2) is 0 Å². The van der Waals surface area contributed by atoms with E-state index in [2.05, 4.69) is 11.5 Å². The highest BCUT2D eigenvalue weighted by Gasteiger charge is 2.14. The van der Waals surface area contributed by atoms with Crippen molar-refractivity contribution in [3.05, 3.63) is 35.0 Å². The van der Waals surface area contributed by atoms with Crippen molar-refractivity contribution in [2.24, 2.45) is 0 Å². The first-order valence-electron chi connectivity index (χ1n) is 6.31. The lowest BCUT2D eigenvalue weighted by Gasteiger charge is -2.14. The maximum Gasteiger partial charge on any atom is 0.335 e. The van der Waals surface area contributed by atoms with Gasteiger partial charge in [-0.25, -0.2) is 4.79 Å². The third kappa shape index (κ3) is 2.36. The molecule has 1 heterocycles. The quantitative estimate of drug-likeness (QED) is 0.920. The number of benzene rings is 1. The van der Waals surface area contributed by atoms with Crippen LogP contribution in [0.25, 0.3) is 10.9 Å². The maximum atomic E-state index is 11.0. The Bertz CT molecular complexity index is 628. The van der Waals surface area contributed by atoms with Gasteiger partial charge in [-0.15, -0.1) is 0 Å². The monoisotopic (exact) mass is 261 g/mol. The number of carboxylic acid groups (broad SMARTS) is 1. The lowest BCUT2D eigenvalue weighted by atomic mass is 10.1. The number of hydrogen-bond donors (Lipinski definition) is 1. The lowest BCUT2D eigenvalue weighted by molar-refractivity contribution is 0.0697. The normalized spacial score (nSPS) is 12.8. The van der Waals surface area contributed by atoms with Crippen LogP contribution in [-0.4, -0.2) is 28.9 Å². The molecule has 2 aromatic rings. The molecule has 0 aliphatic carbocycles. The molecule has 0 fully saturated rings. The fraction of sp³-hybridized carbons (Fsp3) is 0.400. The molecule has 4 nitrogen and oxygen atoms in total. The molecule has 1 atom stereocenters. The number of hydrogen-bond acceptors (Lipinski definition) is 2. The van der Waals surface area contributed by atoms with Crippen molar-refractivity contribution in [3.8, 4) is 0 Å². The van der Waals surface area contributed by atoms with Crippen LogP contribution in [0.1, 0.15) is 28.5 Å². The van der Waals surface area contributed by atoms with Crippen LogP contribution in [-0.2, 0) is 11.3 Å². The highest BCUT2D eigenvalue weighted by atomic mass is 16.5. The molecule has 0 saturated heterocycles. The van der Waals surface area contributed by atoms with Crippen molar-refractivity contribution in [1.82, 2.24) is 4.57 Å². The number of aromatic carboxylic acids is 1. The Balaban J connectivity index is 2.60. The second-order valence-corrected chi connectivity index (χ2v) is 4.90. The Kier molecular flexibility index (Phi) is 3.62. The van der Waals surface area contributed by atoms with Crippen molar-refractivity contribution >= 4 is 16.9 Å². The van der Waals surface area contributed by atoms with Crippen LogP contribution in [0.5, 0.6) is 0 Å². The third-order valence-corrected chi connectivity index (χ3v) is 3.73. The average Bonchev–Trinajstić information content (AvgIpc) is 2.63.